The molecule has 88 valence electrons. The van der Waals surface area contributed by atoms with E-state index in [1.165, 1.54) is 6.20 Å². The van der Waals surface area contributed by atoms with Gasteiger partial charge in [0, 0.05) is 17.6 Å². The molecule has 0 saturated heterocycles. The van der Waals surface area contributed by atoms with Gasteiger partial charge in [0.1, 0.15) is 0 Å². The molecule has 0 aliphatic rings. The van der Waals surface area contributed by atoms with Crippen LogP contribution in [0.3, 0.4) is 0 Å². The molecule has 5 heteroatoms. The molecule has 17 heavy (non-hydrogen) atoms. The molecule has 0 radical (unpaired) electrons. The minimum atomic E-state index is -0.969. The molecular weight excluding hydrogens is 218 g/mol. The second kappa shape index (κ2) is 4.37. The first-order valence-corrected chi connectivity index (χ1v) is 5.33. The molecule has 0 amide bonds. The van der Waals surface area contributed by atoms with Gasteiger partial charge in [0.15, 0.2) is 0 Å². The van der Waals surface area contributed by atoms with Crippen molar-refractivity contribution >= 4 is 22.8 Å². The van der Waals surface area contributed by atoms with E-state index in [0.717, 1.165) is 0 Å². The second-order valence-electron chi connectivity index (χ2n) is 4.04. The normalized spacial score (nSPS) is 10.8. The Morgan fingerprint density at radius 1 is 1.41 bits per heavy atom. The number of aromatic carboxylic acids is 1. The van der Waals surface area contributed by atoms with Gasteiger partial charge in [0.2, 0.25) is 5.95 Å². The van der Waals surface area contributed by atoms with Gasteiger partial charge in [-0.1, -0.05) is 6.07 Å². The Kier molecular flexibility index (Phi) is 2.91. The number of rotatable bonds is 3. The summed E-state index contributed by atoms with van der Waals surface area (Å²) in [4.78, 5) is 19.4. The molecule has 0 unspecified atom stereocenters. The maximum absolute atomic E-state index is 11.0. The van der Waals surface area contributed by atoms with Gasteiger partial charge in [-0.15, -0.1) is 0 Å². The highest BCUT2D eigenvalue weighted by Gasteiger charge is 2.09. The topological polar surface area (TPSA) is 75.1 Å². The summed E-state index contributed by atoms with van der Waals surface area (Å²) in [6.45, 7) is 3.97. The molecule has 0 aliphatic heterocycles. The second-order valence-corrected chi connectivity index (χ2v) is 4.04. The van der Waals surface area contributed by atoms with Gasteiger partial charge in [-0.2, -0.15) is 0 Å². The highest BCUT2D eigenvalue weighted by Crippen LogP contribution is 2.17. The Balaban J connectivity index is 2.53. The van der Waals surface area contributed by atoms with Crippen LogP contribution in [0.4, 0.5) is 5.95 Å². The van der Waals surface area contributed by atoms with Crippen LogP contribution in [-0.4, -0.2) is 27.1 Å². The summed E-state index contributed by atoms with van der Waals surface area (Å²) in [5.74, 6) is -0.459. The highest BCUT2D eigenvalue weighted by molar-refractivity contribution is 6.02. The summed E-state index contributed by atoms with van der Waals surface area (Å²) in [5.41, 5.74) is 0.849. The summed E-state index contributed by atoms with van der Waals surface area (Å²) in [7, 11) is 0. The number of carbonyl (C=O) groups is 1. The lowest BCUT2D eigenvalue weighted by atomic mass is 10.1. The fourth-order valence-corrected chi connectivity index (χ4v) is 1.57. The van der Waals surface area contributed by atoms with E-state index in [1.807, 2.05) is 13.8 Å². The van der Waals surface area contributed by atoms with E-state index >= 15 is 0 Å². The third-order valence-electron chi connectivity index (χ3n) is 2.27. The van der Waals surface area contributed by atoms with Crippen LogP contribution < -0.4 is 5.32 Å². The SMILES string of the molecule is CC(C)Nc1ncc2c(C(=O)O)cccc2n1. The predicted molar refractivity (Wildman–Crippen MR) is 65.3 cm³/mol. The Bertz CT molecular complexity index is 567. The van der Waals surface area contributed by atoms with Gasteiger partial charge in [-0.25, -0.2) is 14.8 Å². The van der Waals surface area contributed by atoms with Crippen LogP contribution in [0.2, 0.25) is 0 Å². The van der Waals surface area contributed by atoms with Crippen LogP contribution in [-0.2, 0) is 0 Å². The van der Waals surface area contributed by atoms with Gasteiger partial charge in [-0.3, -0.25) is 0 Å². The molecular formula is C12H13N3O2. The molecule has 0 fully saturated rings. The number of carboxylic acid groups (broad SMARTS) is 1. The smallest absolute Gasteiger partial charge is 0.336 e. The third kappa shape index (κ3) is 2.33. The van der Waals surface area contributed by atoms with Crippen molar-refractivity contribution in [2.24, 2.45) is 0 Å². The average Bonchev–Trinajstić information content (AvgIpc) is 2.26. The van der Waals surface area contributed by atoms with E-state index in [-0.39, 0.29) is 11.6 Å². The Morgan fingerprint density at radius 3 is 2.82 bits per heavy atom. The molecule has 0 atom stereocenters. The maximum atomic E-state index is 11.0. The summed E-state index contributed by atoms with van der Waals surface area (Å²) < 4.78 is 0. The largest absolute Gasteiger partial charge is 0.478 e. The Morgan fingerprint density at radius 2 is 2.18 bits per heavy atom. The highest BCUT2D eigenvalue weighted by atomic mass is 16.4. The molecule has 0 aliphatic carbocycles. The van der Waals surface area contributed by atoms with Crippen molar-refractivity contribution in [3.63, 3.8) is 0 Å². The van der Waals surface area contributed by atoms with Crippen molar-refractivity contribution in [2.75, 3.05) is 5.32 Å². The fourth-order valence-electron chi connectivity index (χ4n) is 1.57. The van der Waals surface area contributed by atoms with E-state index in [4.69, 9.17) is 5.11 Å². The molecule has 0 spiro atoms. The van der Waals surface area contributed by atoms with E-state index in [0.29, 0.717) is 16.9 Å². The van der Waals surface area contributed by atoms with Gasteiger partial charge in [0.05, 0.1) is 11.1 Å². The van der Waals surface area contributed by atoms with E-state index in [9.17, 15) is 4.79 Å². The predicted octanol–water partition coefficient (Wildman–Crippen LogP) is 2.15. The summed E-state index contributed by atoms with van der Waals surface area (Å²) >= 11 is 0. The van der Waals surface area contributed by atoms with Gasteiger partial charge < -0.3 is 10.4 Å². The van der Waals surface area contributed by atoms with Crippen LogP contribution in [0.15, 0.2) is 24.4 Å². The van der Waals surface area contributed by atoms with Crippen molar-refractivity contribution in [1.29, 1.82) is 0 Å². The van der Waals surface area contributed by atoms with Crippen molar-refractivity contribution in [3.8, 4) is 0 Å². The monoisotopic (exact) mass is 231 g/mol. The number of nitrogens with zero attached hydrogens (tertiary/aromatic N) is 2. The Labute approximate surface area is 98.5 Å². The third-order valence-corrected chi connectivity index (χ3v) is 2.27. The number of aromatic nitrogens is 2. The summed E-state index contributed by atoms with van der Waals surface area (Å²) in [6.07, 6.45) is 1.54. The van der Waals surface area contributed by atoms with Gasteiger partial charge in [0.25, 0.3) is 0 Å². The first-order chi connectivity index (χ1) is 8.08. The molecule has 1 aromatic carbocycles. The van der Waals surface area contributed by atoms with Crippen LogP contribution in [0.1, 0.15) is 24.2 Å². The van der Waals surface area contributed by atoms with Crippen molar-refractivity contribution in [1.82, 2.24) is 9.97 Å². The number of nitrogens with one attached hydrogen (secondary N) is 1. The number of carboxylic acids is 1. The average molecular weight is 231 g/mol. The molecule has 2 rings (SSSR count). The zero-order valence-electron chi connectivity index (χ0n) is 9.64. The summed E-state index contributed by atoms with van der Waals surface area (Å²) in [5, 5.41) is 12.7. The first kappa shape index (κ1) is 11.3. The number of hydrogen-bond acceptors (Lipinski definition) is 4. The van der Waals surface area contributed by atoms with E-state index in [2.05, 4.69) is 15.3 Å². The van der Waals surface area contributed by atoms with Crippen LogP contribution in [0.25, 0.3) is 10.9 Å². The molecule has 1 aromatic heterocycles. The minimum Gasteiger partial charge on any atom is -0.478 e. The van der Waals surface area contributed by atoms with Crippen LogP contribution in [0, 0.1) is 0 Å². The molecule has 0 saturated carbocycles. The lowest BCUT2D eigenvalue weighted by Crippen LogP contribution is -2.12. The summed E-state index contributed by atoms with van der Waals surface area (Å²) in [6, 6.07) is 5.23. The van der Waals surface area contributed by atoms with Crippen LogP contribution >= 0.6 is 0 Å². The molecule has 2 N–H and O–H groups in total. The zero-order chi connectivity index (χ0) is 12.4. The molecule has 5 nitrogen and oxygen atoms in total. The minimum absolute atomic E-state index is 0.221. The number of anilines is 1. The molecule has 0 bridgehead atoms. The maximum Gasteiger partial charge on any atom is 0.336 e. The first-order valence-electron chi connectivity index (χ1n) is 5.33. The van der Waals surface area contributed by atoms with E-state index < -0.39 is 5.97 Å². The number of hydrogen-bond donors (Lipinski definition) is 2. The lowest BCUT2D eigenvalue weighted by molar-refractivity contribution is 0.0699. The van der Waals surface area contributed by atoms with Crippen molar-refractivity contribution in [3.05, 3.63) is 30.0 Å². The van der Waals surface area contributed by atoms with E-state index in [1.54, 1.807) is 18.2 Å². The van der Waals surface area contributed by atoms with Gasteiger partial charge in [-0.05, 0) is 26.0 Å². The Hall–Kier alpha value is -2.17. The lowest BCUT2D eigenvalue weighted by Gasteiger charge is -2.08. The molecule has 2 aromatic rings. The quantitative estimate of drug-likeness (QED) is 0.846. The number of fused-ring (bicyclic) bond motifs is 1. The number of benzene rings is 1. The standard InChI is InChI=1S/C12H13N3O2/c1-7(2)14-12-13-6-9-8(11(16)17)4-3-5-10(9)15-12/h3-7H,1-2H3,(H,16,17)(H,13,14,15). The van der Waals surface area contributed by atoms with Crippen molar-refractivity contribution in [2.45, 2.75) is 19.9 Å². The van der Waals surface area contributed by atoms with Gasteiger partial charge >= 0.3 is 5.97 Å². The van der Waals surface area contributed by atoms with Crippen molar-refractivity contribution < 1.29 is 9.90 Å². The van der Waals surface area contributed by atoms with Crippen LogP contribution in [0.5, 0.6) is 0 Å². The fraction of sp³-hybridized carbons (Fsp3) is 0.250. The molecule has 1 heterocycles. The zero-order valence-corrected chi connectivity index (χ0v) is 9.64.